The third-order valence-electron chi connectivity index (χ3n) is 6.43. The topological polar surface area (TPSA) is 90.0 Å². The Balaban J connectivity index is 1.17. The van der Waals surface area contributed by atoms with Crippen LogP contribution in [-0.4, -0.2) is 61.3 Å². The van der Waals surface area contributed by atoms with Crippen molar-refractivity contribution < 1.29 is 4.79 Å². The van der Waals surface area contributed by atoms with Crippen LogP contribution in [0.25, 0.3) is 16.7 Å². The molecule has 1 amide bonds. The van der Waals surface area contributed by atoms with Crippen LogP contribution in [0.4, 0.5) is 11.6 Å². The molecule has 2 aromatic carbocycles. The van der Waals surface area contributed by atoms with Crippen molar-refractivity contribution in [3.8, 4) is 0 Å². The third kappa shape index (κ3) is 4.26. The van der Waals surface area contributed by atoms with Gasteiger partial charge in [-0.05, 0) is 42.8 Å². The van der Waals surface area contributed by atoms with E-state index in [-0.39, 0.29) is 11.9 Å². The summed E-state index contributed by atoms with van der Waals surface area (Å²) in [5.74, 6) is 1.19. The molecule has 4 aromatic rings. The summed E-state index contributed by atoms with van der Waals surface area (Å²) in [6.07, 6.45) is 8.81. The number of anilines is 2. The molecule has 2 aliphatic heterocycles. The highest BCUT2D eigenvalue weighted by atomic mass is 16.2. The van der Waals surface area contributed by atoms with Gasteiger partial charge in [0.25, 0.3) is 5.91 Å². The second-order valence-corrected chi connectivity index (χ2v) is 8.69. The summed E-state index contributed by atoms with van der Waals surface area (Å²) in [5.41, 5.74) is 4.29. The number of imidazole rings is 1. The van der Waals surface area contributed by atoms with Crippen molar-refractivity contribution in [1.82, 2.24) is 29.7 Å². The number of H-pyrrole nitrogens is 1. The number of benzene rings is 2. The maximum Gasteiger partial charge on any atom is 0.272 e. The molecule has 0 radical (unpaired) electrons. The fraction of sp³-hybridized carbons (Fsp3) is 0.185. The molecule has 0 bridgehead atoms. The number of carbonyl (C=O) groups excluding carboxylic acids is 1. The number of nitrogens with zero attached hydrogens (tertiary/aromatic N) is 5. The number of aromatic amines is 1. The molecular weight excluding hydrogens is 438 g/mol. The van der Waals surface area contributed by atoms with Gasteiger partial charge in [-0.3, -0.25) is 4.79 Å². The number of hydrogen-bond donors (Lipinski definition) is 2. The SMILES string of the molecule is O=C(c1ccnc(Nc2ccccc2)n1)N1CCC(N2CC=CC=C2c2nc3ccccc3[nH]2)C1. The minimum absolute atomic E-state index is 0.0761. The average Bonchev–Trinajstić information content (AvgIpc) is 3.57. The number of aromatic nitrogens is 4. The Hall–Kier alpha value is -4.46. The first-order chi connectivity index (χ1) is 17.2. The summed E-state index contributed by atoms with van der Waals surface area (Å²) < 4.78 is 0. The van der Waals surface area contributed by atoms with E-state index in [9.17, 15) is 4.79 Å². The predicted molar refractivity (Wildman–Crippen MR) is 136 cm³/mol. The van der Waals surface area contributed by atoms with E-state index in [1.165, 1.54) is 0 Å². The Morgan fingerprint density at radius 2 is 1.89 bits per heavy atom. The molecule has 1 saturated heterocycles. The minimum Gasteiger partial charge on any atom is -0.360 e. The smallest absolute Gasteiger partial charge is 0.272 e. The van der Waals surface area contributed by atoms with E-state index in [1.54, 1.807) is 12.3 Å². The summed E-state index contributed by atoms with van der Waals surface area (Å²) in [5, 5.41) is 3.16. The molecule has 0 aliphatic carbocycles. The summed E-state index contributed by atoms with van der Waals surface area (Å²) in [4.78, 5) is 34.5. The van der Waals surface area contributed by atoms with Gasteiger partial charge in [0.1, 0.15) is 5.69 Å². The highest BCUT2D eigenvalue weighted by Crippen LogP contribution is 2.29. The first kappa shape index (κ1) is 21.1. The van der Waals surface area contributed by atoms with Crippen LogP contribution in [0.3, 0.4) is 0 Å². The van der Waals surface area contributed by atoms with Crippen molar-refractivity contribution in [2.45, 2.75) is 12.5 Å². The number of carbonyl (C=O) groups is 1. The van der Waals surface area contributed by atoms with Crippen molar-refractivity contribution in [1.29, 1.82) is 0 Å². The van der Waals surface area contributed by atoms with Gasteiger partial charge in [0, 0.05) is 37.6 Å². The van der Waals surface area contributed by atoms with E-state index < -0.39 is 0 Å². The minimum atomic E-state index is -0.0761. The van der Waals surface area contributed by atoms with Crippen molar-refractivity contribution in [3.05, 3.63) is 96.6 Å². The first-order valence-corrected chi connectivity index (χ1v) is 11.8. The molecule has 0 saturated carbocycles. The van der Waals surface area contributed by atoms with Gasteiger partial charge < -0.3 is 20.1 Å². The van der Waals surface area contributed by atoms with Gasteiger partial charge in [0.05, 0.1) is 16.7 Å². The van der Waals surface area contributed by atoms with Gasteiger partial charge in [0.2, 0.25) is 5.95 Å². The van der Waals surface area contributed by atoms with Crippen LogP contribution >= 0.6 is 0 Å². The van der Waals surface area contributed by atoms with Gasteiger partial charge >= 0.3 is 0 Å². The normalized spacial score (nSPS) is 17.6. The van der Waals surface area contributed by atoms with Crippen molar-refractivity contribution >= 4 is 34.3 Å². The maximum atomic E-state index is 13.3. The second-order valence-electron chi connectivity index (χ2n) is 8.69. The van der Waals surface area contributed by atoms with Crippen LogP contribution in [0.2, 0.25) is 0 Å². The third-order valence-corrected chi connectivity index (χ3v) is 6.43. The van der Waals surface area contributed by atoms with E-state index in [2.05, 4.69) is 43.4 Å². The van der Waals surface area contributed by atoms with E-state index in [1.807, 2.05) is 59.5 Å². The molecule has 35 heavy (non-hydrogen) atoms. The van der Waals surface area contributed by atoms with Gasteiger partial charge in [-0.1, -0.05) is 42.5 Å². The molecule has 8 heteroatoms. The van der Waals surface area contributed by atoms with Gasteiger partial charge in [-0.15, -0.1) is 0 Å². The molecule has 2 aromatic heterocycles. The lowest BCUT2D eigenvalue weighted by Gasteiger charge is -2.33. The fourth-order valence-corrected chi connectivity index (χ4v) is 4.69. The molecule has 1 unspecified atom stereocenters. The highest BCUT2D eigenvalue weighted by Gasteiger charge is 2.33. The number of likely N-dealkylation sites (tertiary alicyclic amines) is 1. The van der Waals surface area contributed by atoms with E-state index >= 15 is 0 Å². The zero-order chi connectivity index (χ0) is 23.6. The summed E-state index contributed by atoms with van der Waals surface area (Å²) in [6, 6.07) is 19.6. The average molecular weight is 464 g/mol. The molecular formula is C27H25N7O. The summed E-state index contributed by atoms with van der Waals surface area (Å²) in [7, 11) is 0. The lowest BCUT2D eigenvalue weighted by atomic mass is 10.1. The van der Waals surface area contributed by atoms with E-state index in [0.717, 1.165) is 41.2 Å². The number of para-hydroxylation sites is 3. The lowest BCUT2D eigenvalue weighted by molar-refractivity contribution is 0.0778. The van der Waals surface area contributed by atoms with Crippen LogP contribution < -0.4 is 5.32 Å². The van der Waals surface area contributed by atoms with Crippen molar-refractivity contribution in [3.63, 3.8) is 0 Å². The summed E-state index contributed by atoms with van der Waals surface area (Å²) in [6.45, 7) is 2.10. The number of amides is 1. The Bertz CT molecular complexity index is 1390. The van der Waals surface area contributed by atoms with Crippen LogP contribution in [-0.2, 0) is 0 Å². The Kier molecular flexibility index (Phi) is 5.46. The van der Waals surface area contributed by atoms with Crippen molar-refractivity contribution in [2.24, 2.45) is 0 Å². The molecule has 174 valence electrons. The molecule has 2 N–H and O–H groups in total. The molecule has 4 heterocycles. The monoisotopic (exact) mass is 463 g/mol. The zero-order valence-corrected chi connectivity index (χ0v) is 19.1. The van der Waals surface area contributed by atoms with Crippen LogP contribution in [0.5, 0.6) is 0 Å². The maximum absolute atomic E-state index is 13.3. The number of nitrogens with one attached hydrogen (secondary N) is 2. The van der Waals surface area contributed by atoms with Gasteiger partial charge in [-0.2, -0.15) is 0 Å². The van der Waals surface area contributed by atoms with Crippen LogP contribution in [0, 0.1) is 0 Å². The second kappa shape index (κ2) is 9.06. The van der Waals surface area contributed by atoms with Crippen LogP contribution in [0.15, 0.2) is 85.1 Å². The fourth-order valence-electron chi connectivity index (χ4n) is 4.69. The van der Waals surface area contributed by atoms with E-state index in [0.29, 0.717) is 24.7 Å². The standard InChI is InChI=1S/C27H25N7O/c35-26(23-13-15-28-27(32-23)29-19-8-2-1-3-9-19)33-17-14-20(18-33)34-16-7-6-12-24(34)25-30-21-10-4-5-11-22(21)31-25/h1-13,15,20H,14,16-18H2,(H,30,31)(H,28,29,32). The molecule has 2 aliphatic rings. The Morgan fingerprint density at radius 3 is 2.77 bits per heavy atom. The molecule has 1 fully saturated rings. The zero-order valence-electron chi connectivity index (χ0n) is 19.1. The Labute approximate surface area is 203 Å². The lowest BCUT2D eigenvalue weighted by Crippen LogP contribution is -2.39. The van der Waals surface area contributed by atoms with Crippen molar-refractivity contribution in [2.75, 3.05) is 25.0 Å². The largest absolute Gasteiger partial charge is 0.360 e. The number of allylic oxidation sites excluding steroid dienone is 2. The predicted octanol–water partition coefficient (Wildman–Crippen LogP) is 4.22. The number of hydrogen-bond acceptors (Lipinski definition) is 6. The van der Waals surface area contributed by atoms with E-state index in [4.69, 9.17) is 4.98 Å². The number of rotatable bonds is 5. The number of fused-ring (bicyclic) bond motifs is 1. The highest BCUT2D eigenvalue weighted by molar-refractivity contribution is 5.92. The molecule has 0 spiro atoms. The quantitative estimate of drug-likeness (QED) is 0.461. The molecule has 1 atom stereocenters. The Morgan fingerprint density at radius 1 is 1.03 bits per heavy atom. The van der Waals surface area contributed by atoms with Crippen LogP contribution in [0.1, 0.15) is 22.7 Å². The molecule has 8 nitrogen and oxygen atoms in total. The summed E-state index contributed by atoms with van der Waals surface area (Å²) >= 11 is 0. The van der Waals surface area contributed by atoms with Gasteiger partial charge in [-0.25, -0.2) is 15.0 Å². The molecule has 6 rings (SSSR count). The first-order valence-electron chi connectivity index (χ1n) is 11.8. The van der Waals surface area contributed by atoms with Gasteiger partial charge in [0.15, 0.2) is 5.82 Å².